The monoisotopic (exact) mass is 923 g/mol. The maximum atomic E-state index is 6.41. The Balaban J connectivity index is 1.16. The zero-order chi connectivity index (χ0) is 48.6. The molecule has 5 nitrogen and oxygen atoms in total. The van der Waals surface area contributed by atoms with Crippen LogP contribution in [-0.2, 0) is 10.8 Å². The first kappa shape index (κ1) is 44.3. The van der Waals surface area contributed by atoms with Crippen LogP contribution < -0.4 is 40.6 Å². The predicted octanol–water partition coefficient (Wildman–Crippen LogP) is 15.2. The average molecular weight is 924 g/mol. The smallest absolute Gasteiger partial charge is 0.252 e. The Morgan fingerprint density at radius 1 is 0.408 bits per heavy atom. The molecule has 0 saturated heterocycles. The molecule has 3 aliphatic heterocycles. The van der Waals surface area contributed by atoms with Crippen molar-refractivity contribution in [3.05, 3.63) is 217 Å². The van der Waals surface area contributed by atoms with Gasteiger partial charge in [0, 0.05) is 57.3 Å². The second-order valence-corrected chi connectivity index (χ2v) is 21.4. The summed E-state index contributed by atoms with van der Waals surface area (Å²) in [5.41, 5.74) is 22.1. The minimum atomic E-state index is -0.119. The second kappa shape index (κ2) is 17.2. The number of anilines is 9. The fourth-order valence-electron chi connectivity index (χ4n) is 10.9. The van der Waals surface area contributed by atoms with E-state index in [1.54, 1.807) is 0 Å². The van der Waals surface area contributed by atoms with E-state index in [0.717, 1.165) is 73.8 Å². The third-order valence-electron chi connectivity index (χ3n) is 14.5. The molecule has 0 unspecified atom stereocenters. The van der Waals surface area contributed by atoms with E-state index in [4.69, 9.17) is 9.47 Å². The summed E-state index contributed by atoms with van der Waals surface area (Å²) in [6.45, 7) is 16.8. The predicted molar refractivity (Wildman–Crippen MR) is 299 cm³/mol. The van der Waals surface area contributed by atoms with Crippen LogP contribution in [0.2, 0.25) is 0 Å². The fourth-order valence-corrected chi connectivity index (χ4v) is 10.9. The van der Waals surface area contributed by atoms with Gasteiger partial charge in [-0.2, -0.15) is 0 Å². The minimum absolute atomic E-state index is 0.0362. The van der Waals surface area contributed by atoms with Crippen molar-refractivity contribution < 1.29 is 9.47 Å². The highest BCUT2D eigenvalue weighted by atomic mass is 16.6. The van der Waals surface area contributed by atoms with E-state index in [1.807, 2.05) is 0 Å². The molecule has 9 aromatic carbocycles. The van der Waals surface area contributed by atoms with Crippen molar-refractivity contribution in [3.63, 3.8) is 0 Å². The molecule has 0 atom stereocenters. The molecule has 348 valence electrons. The minimum Gasteiger partial charge on any atom is -0.486 e. The molecule has 3 heterocycles. The van der Waals surface area contributed by atoms with Crippen LogP contribution in [0.1, 0.15) is 58.2 Å². The van der Waals surface area contributed by atoms with Gasteiger partial charge in [-0.05, 0) is 158 Å². The third-order valence-corrected chi connectivity index (χ3v) is 14.5. The van der Waals surface area contributed by atoms with E-state index in [9.17, 15) is 0 Å². The van der Waals surface area contributed by atoms with Crippen molar-refractivity contribution in [2.24, 2.45) is 0 Å². The number of ether oxygens (including phenoxy) is 2. The van der Waals surface area contributed by atoms with E-state index in [-0.39, 0.29) is 17.5 Å². The first-order valence-corrected chi connectivity index (χ1v) is 25.0. The summed E-state index contributed by atoms with van der Waals surface area (Å²) in [6.07, 6.45) is 0. The maximum Gasteiger partial charge on any atom is 0.252 e. The highest BCUT2D eigenvalue weighted by molar-refractivity contribution is 7.00. The SMILES string of the molecule is Cc1cc2c3c(c1)N(c1ccccc1)c1cc4c(cc1B3c1ccc(N(c3ccccc3)c3ccccc3)cc1N2c1cc(-c2ccc(C(C)(C)C)cc2)cc(-c2ccc(C(C)(C)C)cc2)c1)OCCO4. The summed E-state index contributed by atoms with van der Waals surface area (Å²) in [7, 11) is 0. The number of para-hydroxylation sites is 3. The van der Waals surface area contributed by atoms with Crippen molar-refractivity contribution in [1.29, 1.82) is 0 Å². The van der Waals surface area contributed by atoms with Gasteiger partial charge >= 0.3 is 0 Å². The van der Waals surface area contributed by atoms with Gasteiger partial charge in [0.25, 0.3) is 6.71 Å². The van der Waals surface area contributed by atoms with Gasteiger partial charge in [-0.25, -0.2) is 0 Å². The Kier molecular flexibility index (Phi) is 10.7. The van der Waals surface area contributed by atoms with Crippen molar-refractivity contribution in [3.8, 4) is 33.8 Å². The van der Waals surface area contributed by atoms with Crippen molar-refractivity contribution in [1.82, 2.24) is 0 Å². The largest absolute Gasteiger partial charge is 0.486 e. The summed E-state index contributed by atoms with van der Waals surface area (Å²) in [4.78, 5) is 7.37. The van der Waals surface area contributed by atoms with Gasteiger partial charge in [0.05, 0.1) is 0 Å². The maximum absolute atomic E-state index is 6.41. The Labute approximate surface area is 419 Å². The summed E-state index contributed by atoms with van der Waals surface area (Å²) in [5, 5.41) is 0. The molecule has 0 bridgehead atoms. The lowest BCUT2D eigenvalue weighted by Gasteiger charge is -2.45. The van der Waals surface area contributed by atoms with E-state index in [1.165, 1.54) is 44.2 Å². The lowest BCUT2D eigenvalue weighted by molar-refractivity contribution is 0.172. The summed E-state index contributed by atoms with van der Waals surface area (Å²) < 4.78 is 12.7. The number of benzene rings is 9. The third kappa shape index (κ3) is 7.92. The van der Waals surface area contributed by atoms with Crippen LogP contribution in [0.3, 0.4) is 0 Å². The molecule has 3 aliphatic rings. The topological polar surface area (TPSA) is 28.2 Å². The number of rotatable bonds is 7. The lowest BCUT2D eigenvalue weighted by atomic mass is 9.33. The number of hydrogen-bond donors (Lipinski definition) is 0. The quantitative estimate of drug-likeness (QED) is 0.149. The molecule has 12 rings (SSSR count). The molecule has 0 aliphatic carbocycles. The van der Waals surface area contributed by atoms with Crippen LogP contribution >= 0.6 is 0 Å². The molecule has 0 radical (unpaired) electrons. The lowest BCUT2D eigenvalue weighted by Crippen LogP contribution is -2.61. The van der Waals surface area contributed by atoms with Crippen LogP contribution in [0.25, 0.3) is 22.3 Å². The molecule has 0 amide bonds. The molecule has 0 saturated carbocycles. The van der Waals surface area contributed by atoms with Gasteiger partial charge in [-0.1, -0.05) is 151 Å². The normalized spacial score (nSPS) is 13.6. The second-order valence-electron chi connectivity index (χ2n) is 21.4. The highest BCUT2D eigenvalue weighted by Gasteiger charge is 2.45. The van der Waals surface area contributed by atoms with E-state index < -0.39 is 0 Å². The fraction of sp³-hybridized carbons (Fsp3) is 0.169. The van der Waals surface area contributed by atoms with Crippen LogP contribution in [0, 0.1) is 6.92 Å². The molecule has 0 spiro atoms. The van der Waals surface area contributed by atoms with E-state index in [0.29, 0.717) is 13.2 Å². The molecule has 0 aromatic heterocycles. The van der Waals surface area contributed by atoms with Crippen LogP contribution in [0.15, 0.2) is 200 Å². The van der Waals surface area contributed by atoms with Crippen LogP contribution in [0.4, 0.5) is 51.2 Å². The molecule has 9 aromatic rings. The van der Waals surface area contributed by atoms with Crippen molar-refractivity contribution in [2.45, 2.75) is 59.3 Å². The highest BCUT2D eigenvalue weighted by Crippen LogP contribution is 2.49. The molecule has 0 N–H and O–H groups in total. The van der Waals surface area contributed by atoms with Crippen LogP contribution in [-0.4, -0.2) is 19.9 Å². The Bertz CT molecular complexity index is 3340. The van der Waals surface area contributed by atoms with Gasteiger partial charge < -0.3 is 24.2 Å². The van der Waals surface area contributed by atoms with Gasteiger partial charge in [0.1, 0.15) is 13.2 Å². The number of nitrogens with zero attached hydrogens (tertiary/aromatic N) is 3. The van der Waals surface area contributed by atoms with Gasteiger partial charge in [0.15, 0.2) is 11.5 Å². The standard InChI is InChI=1S/C65H58BN3O2/c1-43-35-59-63-60(36-43)69(54-38-46(44-23-27-48(28-24-44)64(2,3)4)37-47(39-54)45-25-29-49(30-26-45)65(5,6)7)57-40-53(67(50-17-11-8-12-18-50)51-19-13-9-14-20-51)31-32-55(57)66(63)56-41-61-62(71-34-33-70-61)42-58(56)68(59)52-21-15-10-16-22-52/h8-32,35-42H,33-34H2,1-7H3. The summed E-state index contributed by atoms with van der Waals surface area (Å²) in [5.74, 6) is 1.56. The van der Waals surface area contributed by atoms with E-state index in [2.05, 4.69) is 263 Å². The number of hydrogen-bond acceptors (Lipinski definition) is 5. The first-order valence-electron chi connectivity index (χ1n) is 25.0. The molecular weight excluding hydrogens is 866 g/mol. The molecule has 0 fully saturated rings. The Hall–Kier alpha value is -7.96. The van der Waals surface area contributed by atoms with Crippen LogP contribution in [0.5, 0.6) is 11.5 Å². The van der Waals surface area contributed by atoms with Gasteiger partial charge in [-0.15, -0.1) is 0 Å². The summed E-state index contributed by atoms with van der Waals surface area (Å²) >= 11 is 0. The van der Waals surface area contributed by atoms with E-state index >= 15 is 0 Å². The van der Waals surface area contributed by atoms with Crippen molar-refractivity contribution in [2.75, 3.05) is 27.9 Å². The number of aryl methyl sites for hydroxylation is 1. The first-order chi connectivity index (χ1) is 34.4. The Morgan fingerprint density at radius 2 is 0.887 bits per heavy atom. The number of fused-ring (bicyclic) bond motifs is 5. The van der Waals surface area contributed by atoms with Crippen molar-refractivity contribution >= 4 is 74.3 Å². The Morgan fingerprint density at radius 3 is 1.41 bits per heavy atom. The molecule has 71 heavy (non-hydrogen) atoms. The zero-order valence-corrected chi connectivity index (χ0v) is 41.7. The van der Waals surface area contributed by atoms with Gasteiger partial charge in [0.2, 0.25) is 0 Å². The zero-order valence-electron chi connectivity index (χ0n) is 41.7. The van der Waals surface area contributed by atoms with Gasteiger partial charge in [-0.3, -0.25) is 0 Å². The summed E-state index contributed by atoms with van der Waals surface area (Å²) in [6, 6.07) is 74.2. The molecule has 6 heteroatoms. The average Bonchev–Trinajstić information content (AvgIpc) is 3.38. The molecular formula is C65H58BN3O2.